The van der Waals surface area contributed by atoms with Crippen LogP contribution in [-0.4, -0.2) is 11.5 Å². The molecular formula is C15H19FN2S. The number of thiazole rings is 1. The number of aromatic nitrogens is 1. The van der Waals surface area contributed by atoms with Crippen molar-refractivity contribution in [3.05, 3.63) is 51.2 Å². The van der Waals surface area contributed by atoms with Gasteiger partial charge in [-0.3, -0.25) is 0 Å². The molecule has 0 aliphatic carbocycles. The highest BCUT2D eigenvalue weighted by Crippen LogP contribution is 2.17. The second-order valence-corrected chi connectivity index (χ2v) is 5.73. The topological polar surface area (TPSA) is 24.9 Å². The Morgan fingerprint density at radius 2 is 2.16 bits per heavy atom. The molecule has 1 aromatic heterocycles. The Morgan fingerprint density at radius 3 is 2.79 bits per heavy atom. The summed E-state index contributed by atoms with van der Waals surface area (Å²) < 4.78 is 13.5. The summed E-state index contributed by atoms with van der Waals surface area (Å²) in [7, 11) is 0. The van der Waals surface area contributed by atoms with Crippen LogP contribution in [0.5, 0.6) is 0 Å². The second kappa shape index (κ2) is 6.26. The Hall–Kier alpha value is -1.26. The van der Waals surface area contributed by atoms with Gasteiger partial charge >= 0.3 is 0 Å². The van der Waals surface area contributed by atoms with Gasteiger partial charge in [-0.05, 0) is 44.4 Å². The van der Waals surface area contributed by atoms with Crippen LogP contribution in [0.25, 0.3) is 0 Å². The average molecular weight is 278 g/mol. The predicted molar refractivity (Wildman–Crippen MR) is 78.1 cm³/mol. The van der Waals surface area contributed by atoms with Gasteiger partial charge in [-0.2, -0.15) is 0 Å². The normalized spacial score (nSPS) is 12.6. The summed E-state index contributed by atoms with van der Waals surface area (Å²) in [5, 5.41) is 3.42. The largest absolute Gasteiger partial charge is 0.310 e. The molecule has 1 heterocycles. The van der Waals surface area contributed by atoms with E-state index in [9.17, 15) is 4.39 Å². The first-order chi connectivity index (χ1) is 9.08. The first-order valence-electron chi connectivity index (χ1n) is 6.46. The van der Waals surface area contributed by atoms with Gasteiger partial charge in [-0.15, -0.1) is 11.3 Å². The Labute approximate surface area is 117 Å². The van der Waals surface area contributed by atoms with Crippen molar-refractivity contribution in [3.8, 4) is 0 Å². The maximum absolute atomic E-state index is 13.5. The summed E-state index contributed by atoms with van der Waals surface area (Å²) >= 11 is 1.69. The molecule has 1 aromatic carbocycles. The predicted octanol–water partition coefficient (Wildman–Crippen LogP) is 3.79. The maximum Gasteiger partial charge on any atom is 0.126 e. The highest BCUT2D eigenvalue weighted by molar-refractivity contribution is 7.09. The smallest absolute Gasteiger partial charge is 0.126 e. The summed E-state index contributed by atoms with van der Waals surface area (Å²) in [5.41, 5.74) is 4.67. The van der Waals surface area contributed by atoms with Gasteiger partial charge in [0.25, 0.3) is 0 Å². The van der Waals surface area contributed by atoms with Gasteiger partial charge in [0.1, 0.15) is 5.82 Å². The SMILES string of the molecule is Cc1ccc(C(C)NCCc2scnc2C)cc1F. The second-order valence-electron chi connectivity index (χ2n) is 4.80. The van der Waals surface area contributed by atoms with Crippen molar-refractivity contribution in [2.75, 3.05) is 6.54 Å². The zero-order chi connectivity index (χ0) is 13.8. The molecule has 102 valence electrons. The van der Waals surface area contributed by atoms with E-state index in [-0.39, 0.29) is 11.9 Å². The van der Waals surface area contributed by atoms with Gasteiger partial charge in [0.2, 0.25) is 0 Å². The Balaban J connectivity index is 1.89. The molecule has 2 rings (SSSR count). The number of rotatable bonds is 5. The van der Waals surface area contributed by atoms with E-state index in [1.54, 1.807) is 24.3 Å². The third-order valence-electron chi connectivity index (χ3n) is 3.34. The van der Waals surface area contributed by atoms with E-state index in [4.69, 9.17) is 0 Å². The molecule has 0 radical (unpaired) electrons. The van der Waals surface area contributed by atoms with Crippen molar-refractivity contribution in [2.24, 2.45) is 0 Å². The average Bonchev–Trinajstić information content (AvgIpc) is 2.78. The molecule has 0 saturated carbocycles. The van der Waals surface area contributed by atoms with E-state index in [1.807, 2.05) is 24.6 Å². The lowest BCUT2D eigenvalue weighted by Crippen LogP contribution is -2.21. The molecule has 0 aliphatic heterocycles. The van der Waals surface area contributed by atoms with Crippen LogP contribution in [-0.2, 0) is 6.42 Å². The molecule has 0 amide bonds. The van der Waals surface area contributed by atoms with Crippen LogP contribution < -0.4 is 5.32 Å². The van der Waals surface area contributed by atoms with E-state index >= 15 is 0 Å². The van der Waals surface area contributed by atoms with Crippen LogP contribution in [0.1, 0.15) is 34.7 Å². The highest BCUT2D eigenvalue weighted by atomic mass is 32.1. The number of benzene rings is 1. The number of hydrogen-bond donors (Lipinski definition) is 1. The molecule has 2 aromatic rings. The number of nitrogens with one attached hydrogen (secondary N) is 1. The van der Waals surface area contributed by atoms with Gasteiger partial charge in [-0.1, -0.05) is 12.1 Å². The van der Waals surface area contributed by atoms with Crippen LogP contribution >= 0.6 is 11.3 Å². The minimum Gasteiger partial charge on any atom is -0.310 e. The lowest BCUT2D eigenvalue weighted by molar-refractivity contribution is 0.566. The molecule has 1 N–H and O–H groups in total. The van der Waals surface area contributed by atoms with Crippen molar-refractivity contribution >= 4 is 11.3 Å². The van der Waals surface area contributed by atoms with Crippen molar-refractivity contribution in [1.29, 1.82) is 0 Å². The fourth-order valence-corrected chi connectivity index (χ4v) is 2.75. The zero-order valence-electron chi connectivity index (χ0n) is 11.5. The molecule has 0 bridgehead atoms. The van der Waals surface area contributed by atoms with E-state index in [2.05, 4.69) is 17.2 Å². The summed E-state index contributed by atoms with van der Waals surface area (Å²) in [6.45, 7) is 6.75. The van der Waals surface area contributed by atoms with Crippen LogP contribution in [0.15, 0.2) is 23.7 Å². The highest BCUT2D eigenvalue weighted by Gasteiger charge is 2.08. The Kier molecular flexibility index (Phi) is 4.66. The van der Waals surface area contributed by atoms with Crippen molar-refractivity contribution < 1.29 is 4.39 Å². The van der Waals surface area contributed by atoms with Gasteiger partial charge in [0.05, 0.1) is 11.2 Å². The monoisotopic (exact) mass is 278 g/mol. The molecule has 0 saturated heterocycles. The van der Waals surface area contributed by atoms with Gasteiger partial charge < -0.3 is 5.32 Å². The summed E-state index contributed by atoms with van der Waals surface area (Å²) in [5.74, 6) is -0.135. The summed E-state index contributed by atoms with van der Waals surface area (Å²) in [6.07, 6.45) is 0.967. The molecule has 1 atom stereocenters. The minimum absolute atomic E-state index is 0.135. The molecule has 4 heteroatoms. The lowest BCUT2D eigenvalue weighted by atomic mass is 10.1. The molecule has 0 spiro atoms. The fourth-order valence-electron chi connectivity index (χ4n) is 1.96. The fraction of sp³-hybridized carbons (Fsp3) is 0.400. The molecular weight excluding hydrogens is 259 g/mol. The molecule has 2 nitrogen and oxygen atoms in total. The number of halogens is 1. The van der Waals surface area contributed by atoms with Crippen molar-refractivity contribution in [2.45, 2.75) is 33.2 Å². The van der Waals surface area contributed by atoms with Gasteiger partial charge in [-0.25, -0.2) is 9.37 Å². The van der Waals surface area contributed by atoms with E-state index in [0.29, 0.717) is 5.56 Å². The molecule has 0 aliphatic rings. The van der Waals surface area contributed by atoms with Crippen LogP contribution in [0.3, 0.4) is 0 Å². The van der Waals surface area contributed by atoms with Crippen LogP contribution in [0.4, 0.5) is 4.39 Å². The first kappa shape index (κ1) is 14.2. The molecule has 19 heavy (non-hydrogen) atoms. The Morgan fingerprint density at radius 1 is 1.37 bits per heavy atom. The zero-order valence-corrected chi connectivity index (χ0v) is 12.4. The maximum atomic E-state index is 13.5. The van der Waals surface area contributed by atoms with Crippen molar-refractivity contribution in [3.63, 3.8) is 0 Å². The Bertz CT molecular complexity index is 551. The van der Waals surface area contributed by atoms with Crippen molar-refractivity contribution in [1.82, 2.24) is 10.3 Å². The van der Waals surface area contributed by atoms with E-state index in [0.717, 1.165) is 24.2 Å². The summed E-state index contributed by atoms with van der Waals surface area (Å²) in [6, 6.07) is 5.58. The first-order valence-corrected chi connectivity index (χ1v) is 7.34. The van der Waals surface area contributed by atoms with Gasteiger partial charge in [0.15, 0.2) is 0 Å². The van der Waals surface area contributed by atoms with Gasteiger partial charge in [0, 0.05) is 17.5 Å². The number of hydrogen-bond acceptors (Lipinski definition) is 3. The molecule has 1 unspecified atom stereocenters. The number of nitrogens with zero attached hydrogens (tertiary/aromatic N) is 1. The lowest BCUT2D eigenvalue weighted by Gasteiger charge is -2.14. The summed E-state index contributed by atoms with van der Waals surface area (Å²) in [4.78, 5) is 5.55. The quantitative estimate of drug-likeness (QED) is 0.900. The van der Waals surface area contributed by atoms with E-state index < -0.39 is 0 Å². The molecule has 0 fully saturated rings. The minimum atomic E-state index is -0.135. The third kappa shape index (κ3) is 3.61. The van der Waals surface area contributed by atoms with Crippen LogP contribution in [0.2, 0.25) is 0 Å². The van der Waals surface area contributed by atoms with E-state index in [1.165, 1.54) is 4.88 Å². The standard InChI is InChI=1S/C15H19FN2S/c1-10-4-5-13(8-14(10)16)11(2)17-7-6-15-12(3)18-9-19-15/h4-5,8-9,11,17H,6-7H2,1-3H3. The third-order valence-corrected chi connectivity index (χ3v) is 4.34. The van der Waals surface area contributed by atoms with Crippen LogP contribution in [0, 0.1) is 19.7 Å². The number of aryl methyl sites for hydroxylation is 2.